The lowest BCUT2D eigenvalue weighted by molar-refractivity contribution is 0.602. The lowest BCUT2D eigenvalue weighted by Gasteiger charge is -2.00. The molecule has 8 heteroatoms. The van der Waals surface area contributed by atoms with Crippen molar-refractivity contribution in [2.24, 2.45) is 0 Å². The van der Waals surface area contributed by atoms with Crippen molar-refractivity contribution in [3.8, 4) is 0 Å². The quantitative estimate of drug-likeness (QED) is 0.872. The van der Waals surface area contributed by atoms with Crippen molar-refractivity contribution < 1.29 is 8.42 Å². The average Bonchev–Trinajstić information content (AvgIpc) is 2.64. The summed E-state index contributed by atoms with van der Waals surface area (Å²) in [6.07, 6.45) is 1.18. The van der Waals surface area contributed by atoms with Crippen LogP contribution in [-0.2, 0) is 9.84 Å². The molecule has 0 spiro atoms. The normalized spacial score (nSPS) is 11.6. The van der Waals surface area contributed by atoms with Crippen LogP contribution in [0.4, 0.5) is 0 Å². The van der Waals surface area contributed by atoms with Gasteiger partial charge in [0.1, 0.15) is 0 Å². The van der Waals surface area contributed by atoms with E-state index in [0.717, 1.165) is 16.6 Å². The largest absolute Gasteiger partial charge is 0.224 e. The summed E-state index contributed by atoms with van der Waals surface area (Å²) in [6.45, 7) is 0. The van der Waals surface area contributed by atoms with Crippen molar-refractivity contribution in [3.05, 3.63) is 29.4 Å². The van der Waals surface area contributed by atoms with Gasteiger partial charge in [-0.25, -0.2) is 8.42 Å². The fourth-order valence-corrected chi connectivity index (χ4v) is 3.32. The molecule has 0 saturated heterocycles. The summed E-state index contributed by atoms with van der Waals surface area (Å²) in [5.41, 5.74) is 0. The Morgan fingerprint density at radius 3 is 2.35 bits per heavy atom. The van der Waals surface area contributed by atoms with Gasteiger partial charge in [-0.3, -0.25) is 0 Å². The van der Waals surface area contributed by atoms with E-state index in [1.807, 2.05) is 0 Å². The van der Waals surface area contributed by atoms with Crippen molar-refractivity contribution in [3.63, 3.8) is 0 Å². The third kappa shape index (κ3) is 3.19. The van der Waals surface area contributed by atoms with Crippen molar-refractivity contribution in [2.75, 3.05) is 6.26 Å². The number of nitrogens with zero attached hydrogens (tertiary/aromatic N) is 2. The molecular formula is C9H7ClN2O2S3. The molecule has 0 aliphatic heterocycles. The zero-order valence-corrected chi connectivity index (χ0v) is 11.8. The Morgan fingerprint density at radius 2 is 1.88 bits per heavy atom. The molecule has 4 nitrogen and oxygen atoms in total. The van der Waals surface area contributed by atoms with Gasteiger partial charge in [-0.2, -0.15) is 8.75 Å². The molecule has 0 radical (unpaired) electrons. The first-order valence-corrected chi connectivity index (χ1v) is 8.24. The molecular weight excluding hydrogens is 300 g/mol. The first kappa shape index (κ1) is 12.8. The number of aromatic nitrogens is 2. The monoisotopic (exact) mass is 306 g/mol. The van der Waals surface area contributed by atoms with Crippen molar-refractivity contribution in [1.82, 2.24) is 8.75 Å². The fraction of sp³-hybridized carbons (Fsp3) is 0.111. The molecule has 0 fully saturated rings. The van der Waals surface area contributed by atoms with Gasteiger partial charge in [0.15, 0.2) is 20.0 Å². The minimum Gasteiger partial charge on any atom is -0.224 e. The Labute approximate surface area is 112 Å². The van der Waals surface area contributed by atoms with Crippen molar-refractivity contribution >= 4 is 44.9 Å². The van der Waals surface area contributed by atoms with E-state index in [4.69, 9.17) is 11.6 Å². The van der Waals surface area contributed by atoms with Crippen LogP contribution < -0.4 is 0 Å². The highest BCUT2D eigenvalue weighted by Crippen LogP contribution is 2.31. The molecule has 0 aliphatic rings. The molecule has 0 atom stereocenters. The lowest BCUT2D eigenvalue weighted by Crippen LogP contribution is -1.95. The van der Waals surface area contributed by atoms with Gasteiger partial charge in [0.25, 0.3) is 0 Å². The van der Waals surface area contributed by atoms with Crippen LogP contribution in [0.2, 0.25) is 5.15 Å². The maximum atomic E-state index is 11.3. The maximum Gasteiger partial charge on any atom is 0.177 e. The van der Waals surface area contributed by atoms with E-state index < -0.39 is 9.84 Å². The van der Waals surface area contributed by atoms with Gasteiger partial charge in [-0.05, 0) is 24.3 Å². The molecule has 1 aromatic carbocycles. The van der Waals surface area contributed by atoms with Crippen LogP contribution in [0.15, 0.2) is 39.1 Å². The predicted octanol–water partition coefficient (Wildman–Crippen LogP) is 2.75. The molecule has 2 aromatic rings. The second-order valence-electron chi connectivity index (χ2n) is 3.21. The number of hydrogen-bond donors (Lipinski definition) is 0. The summed E-state index contributed by atoms with van der Waals surface area (Å²) < 4.78 is 30.4. The van der Waals surface area contributed by atoms with Gasteiger partial charge < -0.3 is 0 Å². The van der Waals surface area contributed by atoms with Gasteiger partial charge in [-0.15, -0.1) is 0 Å². The van der Waals surface area contributed by atoms with Gasteiger partial charge in [-0.1, -0.05) is 23.4 Å². The summed E-state index contributed by atoms with van der Waals surface area (Å²) in [5.74, 6) is 0. The summed E-state index contributed by atoms with van der Waals surface area (Å²) in [4.78, 5) is 1.16. The van der Waals surface area contributed by atoms with E-state index in [2.05, 4.69) is 8.75 Å². The predicted molar refractivity (Wildman–Crippen MR) is 68.6 cm³/mol. The fourth-order valence-electron chi connectivity index (χ4n) is 1.10. The second kappa shape index (κ2) is 4.93. The first-order valence-electron chi connectivity index (χ1n) is 4.43. The van der Waals surface area contributed by atoms with Crippen LogP contribution >= 0.6 is 35.1 Å². The van der Waals surface area contributed by atoms with Crippen LogP contribution in [0, 0.1) is 0 Å². The van der Waals surface area contributed by atoms with Crippen molar-refractivity contribution in [1.29, 1.82) is 0 Å². The van der Waals surface area contributed by atoms with E-state index >= 15 is 0 Å². The van der Waals surface area contributed by atoms with Crippen molar-refractivity contribution in [2.45, 2.75) is 14.8 Å². The second-order valence-corrected chi connectivity index (χ2v) is 7.17. The topological polar surface area (TPSA) is 59.9 Å². The summed E-state index contributed by atoms with van der Waals surface area (Å²) in [7, 11) is -3.15. The summed E-state index contributed by atoms with van der Waals surface area (Å²) >= 11 is 8.21. The Morgan fingerprint density at radius 1 is 1.24 bits per heavy atom. The molecule has 0 saturated carbocycles. The zero-order chi connectivity index (χ0) is 12.5. The van der Waals surface area contributed by atoms with E-state index in [0.29, 0.717) is 15.1 Å². The molecule has 0 unspecified atom stereocenters. The molecule has 90 valence electrons. The molecule has 0 bridgehead atoms. The van der Waals surface area contributed by atoms with E-state index in [-0.39, 0.29) is 0 Å². The standard InChI is InChI=1S/C9H7ClN2O2S3/c1-17(13,14)7-4-2-6(3-5-7)15-9-8(10)11-16-12-9/h2-5H,1H3. The Kier molecular flexibility index (Phi) is 3.72. The molecule has 1 heterocycles. The van der Waals surface area contributed by atoms with E-state index in [1.54, 1.807) is 24.3 Å². The minimum atomic E-state index is -3.15. The smallest absolute Gasteiger partial charge is 0.177 e. The number of sulfone groups is 1. The average molecular weight is 307 g/mol. The van der Waals surface area contributed by atoms with Crippen LogP contribution in [0.25, 0.3) is 0 Å². The highest BCUT2D eigenvalue weighted by molar-refractivity contribution is 7.99. The molecule has 0 aliphatic carbocycles. The van der Waals surface area contributed by atoms with Crippen LogP contribution in [0.1, 0.15) is 0 Å². The molecule has 0 amide bonds. The number of rotatable bonds is 3. The maximum absolute atomic E-state index is 11.3. The van der Waals surface area contributed by atoms with Gasteiger partial charge in [0, 0.05) is 11.2 Å². The molecule has 1 aromatic heterocycles. The van der Waals surface area contributed by atoms with Crippen LogP contribution in [0.5, 0.6) is 0 Å². The number of hydrogen-bond acceptors (Lipinski definition) is 6. The Balaban J connectivity index is 2.23. The molecule has 0 N–H and O–H groups in total. The van der Waals surface area contributed by atoms with Gasteiger partial charge in [0.2, 0.25) is 0 Å². The third-order valence-corrected chi connectivity index (χ3v) is 5.12. The van der Waals surface area contributed by atoms with Crippen LogP contribution in [-0.4, -0.2) is 23.4 Å². The zero-order valence-electron chi connectivity index (χ0n) is 8.62. The molecule has 17 heavy (non-hydrogen) atoms. The highest BCUT2D eigenvalue weighted by Gasteiger charge is 2.09. The van der Waals surface area contributed by atoms with E-state index in [1.165, 1.54) is 18.0 Å². The summed E-state index contributed by atoms with van der Waals surface area (Å²) in [5, 5.41) is 0.996. The molecule has 2 rings (SSSR count). The number of halogens is 1. The van der Waals surface area contributed by atoms with Gasteiger partial charge >= 0.3 is 0 Å². The SMILES string of the molecule is CS(=O)(=O)c1ccc(Sc2nsnc2Cl)cc1. The highest BCUT2D eigenvalue weighted by atomic mass is 35.5. The Bertz CT molecular complexity index is 622. The van der Waals surface area contributed by atoms with E-state index in [9.17, 15) is 8.42 Å². The number of benzene rings is 1. The summed E-state index contributed by atoms with van der Waals surface area (Å²) in [6, 6.07) is 6.56. The first-order chi connectivity index (χ1) is 7.97. The Hall–Kier alpha value is -0.630. The van der Waals surface area contributed by atoms with Gasteiger partial charge in [0.05, 0.1) is 16.6 Å². The lowest BCUT2D eigenvalue weighted by atomic mass is 10.4. The third-order valence-electron chi connectivity index (χ3n) is 1.89. The minimum absolute atomic E-state index is 0.296. The van der Waals surface area contributed by atoms with Crippen LogP contribution in [0.3, 0.4) is 0 Å².